The molecular weight excluding hydrogens is 375 g/mol. The Bertz CT molecular complexity index is 781. The van der Waals surface area contributed by atoms with Crippen LogP contribution in [0.5, 0.6) is 5.75 Å². The number of carbonyl (C=O) groups is 2. The molecule has 7 heteroatoms. The van der Waals surface area contributed by atoms with E-state index in [9.17, 15) is 9.59 Å². The predicted molar refractivity (Wildman–Crippen MR) is 103 cm³/mol. The molecule has 0 saturated carbocycles. The Hall–Kier alpha value is -2.24. The quantitative estimate of drug-likeness (QED) is 0.673. The first-order chi connectivity index (χ1) is 12.5. The van der Waals surface area contributed by atoms with Gasteiger partial charge in [-0.3, -0.25) is 9.59 Å². The van der Waals surface area contributed by atoms with Crippen LogP contribution < -0.4 is 15.4 Å². The number of hydrogen-bond donors (Lipinski definition) is 2. The summed E-state index contributed by atoms with van der Waals surface area (Å²) in [6.45, 7) is 2.49. The molecule has 0 bridgehead atoms. The summed E-state index contributed by atoms with van der Waals surface area (Å²) in [5, 5.41) is 6.11. The molecule has 0 aromatic heterocycles. The smallest absolute Gasteiger partial charge is 0.258 e. The first kappa shape index (κ1) is 20.1. The number of carbonyl (C=O) groups excluding carboxylic acids is 2. The maximum absolute atomic E-state index is 12.1. The third-order valence-electron chi connectivity index (χ3n) is 3.62. The minimum absolute atomic E-state index is 0.0783. The van der Waals surface area contributed by atoms with Gasteiger partial charge in [0.15, 0.2) is 6.61 Å². The lowest BCUT2D eigenvalue weighted by Gasteiger charge is -2.11. The zero-order chi connectivity index (χ0) is 18.9. The zero-order valence-corrected chi connectivity index (χ0v) is 15.9. The van der Waals surface area contributed by atoms with Crippen LogP contribution in [-0.4, -0.2) is 31.5 Å². The highest BCUT2D eigenvalue weighted by Crippen LogP contribution is 2.20. The van der Waals surface area contributed by atoms with Gasteiger partial charge in [0.1, 0.15) is 5.75 Å². The Kier molecular flexibility index (Phi) is 7.75. The van der Waals surface area contributed by atoms with Crippen molar-refractivity contribution in [3.8, 4) is 5.75 Å². The van der Waals surface area contributed by atoms with E-state index in [1.165, 1.54) is 6.07 Å². The topological polar surface area (TPSA) is 67.4 Å². The number of para-hydroxylation sites is 1. The van der Waals surface area contributed by atoms with E-state index in [-0.39, 0.29) is 31.5 Å². The third-order valence-corrected chi connectivity index (χ3v) is 4.18. The van der Waals surface area contributed by atoms with Crippen molar-refractivity contribution in [3.63, 3.8) is 0 Å². The van der Waals surface area contributed by atoms with E-state index in [4.69, 9.17) is 27.9 Å². The molecule has 2 N–H and O–H groups in total. The molecule has 0 unspecified atom stereocenters. The Morgan fingerprint density at radius 3 is 2.54 bits per heavy atom. The van der Waals surface area contributed by atoms with Crippen LogP contribution in [0.2, 0.25) is 10.0 Å². The van der Waals surface area contributed by atoms with Crippen LogP contribution in [0.4, 0.5) is 0 Å². The van der Waals surface area contributed by atoms with Crippen molar-refractivity contribution >= 4 is 35.0 Å². The molecule has 0 aliphatic heterocycles. The summed E-state index contributed by atoms with van der Waals surface area (Å²) in [7, 11) is 0. The number of halogens is 2. The Morgan fingerprint density at radius 1 is 1.04 bits per heavy atom. The molecule has 5 nitrogen and oxygen atoms in total. The van der Waals surface area contributed by atoms with Crippen LogP contribution in [0, 0.1) is 0 Å². The van der Waals surface area contributed by atoms with Crippen LogP contribution in [0.3, 0.4) is 0 Å². The third kappa shape index (κ3) is 5.93. The van der Waals surface area contributed by atoms with Crippen molar-refractivity contribution in [1.82, 2.24) is 10.6 Å². The van der Waals surface area contributed by atoms with E-state index < -0.39 is 0 Å². The Morgan fingerprint density at radius 2 is 1.77 bits per heavy atom. The number of benzene rings is 2. The highest BCUT2D eigenvalue weighted by atomic mass is 35.5. The zero-order valence-electron chi connectivity index (χ0n) is 14.4. The fraction of sp³-hybridized carbons (Fsp3) is 0.263. The van der Waals surface area contributed by atoms with Crippen molar-refractivity contribution in [3.05, 3.63) is 63.6 Å². The van der Waals surface area contributed by atoms with Gasteiger partial charge in [-0.25, -0.2) is 0 Å². The van der Waals surface area contributed by atoms with E-state index in [0.717, 1.165) is 12.0 Å². The van der Waals surface area contributed by atoms with Gasteiger partial charge in [-0.2, -0.15) is 0 Å². The molecule has 0 fully saturated rings. The normalized spacial score (nSPS) is 10.3. The van der Waals surface area contributed by atoms with Crippen molar-refractivity contribution < 1.29 is 14.3 Å². The minimum atomic E-state index is -0.347. The summed E-state index contributed by atoms with van der Waals surface area (Å²) in [6.07, 6.45) is 0.829. The summed E-state index contributed by atoms with van der Waals surface area (Å²) in [5.41, 5.74) is 1.34. The lowest BCUT2D eigenvalue weighted by atomic mass is 10.1. The second-order valence-electron chi connectivity index (χ2n) is 5.48. The second kappa shape index (κ2) is 10.0. The molecular formula is C19H20Cl2N2O3. The van der Waals surface area contributed by atoms with Crippen molar-refractivity contribution in [2.24, 2.45) is 0 Å². The molecule has 0 saturated heterocycles. The van der Waals surface area contributed by atoms with E-state index in [1.807, 2.05) is 31.2 Å². The second-order valence-corrected chi connectivity index (χ2v) is 6.32. The van der Waals surface area contributed by atoms with Gasteiger partial charge in [-0.15, -0.1) is 0 Å². The van der Waals surface area contributed by atoms with Gasteiger partial charge in [0.25, 0.3) is 11.8 Å². The van der Waals surface area contributed by atoms with Crippen LogP contribution in [0.1, 0.15) is 22.8 Å². The Labute approximate surface area is 162 Å². The fourth-order valence-corrected chi connectivity index (χ4v) is 2.65. The molecule has 2 rings (SSSR count). The summed E-state index contributed by atoms with van der Waals surface area (Å²) < 4.78 is 5.53. The number of rotatable bonds is 8. The van der Waals surface area contributed by atoms with Crippen LogP contribution >= 0.6 is 23.2 Å². The van der Waals surface area contributed by atoms with Crippen LogP contribution in [0.15, 0.2) is 42.5 Å². The summed E-state index contributed by atoms with van der Waals surface area (Å²) >= 11 is 11.8. The van der Waals surface area contributed by atoms with Gasteiger partial charge in [0, 0.05) is 18.1 Å². The van der Waals surface area contributed by atoms with Gasteiger partial charge in [-0.05, 0) is 36.2 Å². The average molecular weight is 395 g/mol. The molecule has 0 spiro atoms. The number of hydrogen-bond acceptors (Lipinski definition) is 3. The first-order valence-electron chi connectivity index (χ1n) is 8.22. The molecule has 2 amide bonds. The van der Waals surface area contributed by atoms with Crippen molar-refractivity contribution in [2.75, 3.05) is 19.7 Å². The standard InChI is InChI=1S/C19H20Cl2N2O3/c1-2-13-5-3-4-6-17(13)26-12-18(24)22-9-10-23-19(25)15-11-14(20)7-8-16(15)21/h3-8,11H,2,9-10,12H2,1H3,(H,22,24)(H,23,25). The molecule has 0 aliphatic carbocycles. The molecule has 0 aliphatic rings. The average Bonchev–Trinajstić information content (AvgIpc) is 2.65. The monoisotopic (exact) mass is 394 g/mol. The summed E-state index contributed by atoms with van der Waals surface area (Å²) in [4.78, 5) is 23.9. The maximum atomic E-state index is 12.1. The first-order valence-corrected chi connectivity index (χ1v) is 8.97. The molecule has 2 aromatic carbocycles. The lowest BCUT2D eigenvalue weighted by Crippen LogP contribution is -2.36. The molecule has 0 atom stereocenters. The fourth-order valence-electron chi connectivity index (χ4n) is 2.28. The van der Waals surface area contributed by atoms with Gasteiger partial charge in [0.05, 0.1) is 10.6 Å². The Balaban J connectivity index is 1.71. The highest BCUT2D eigenvalue weighted by Gasteiger charge is 2.11. The number of ether oxygens (including phenoxy) is 1. The van der Waals surface area contributed by atoms with E-state index in [1.54, 1.807) is 12.1 Å². The molecule has 0 heterocycles. The van der Waals surface area contributed by atoms with Crippen LogP contribution in [-0.2, 0) is 11.2 Å². The van der Waals surface area contributed by atoms with Crippen LogP contribution in [0.25, 0.3) is 0 Å². The van der Waals surface area contributed by atoms with Gasteiger partial charge in [-0.1, -0.05) is 48.3 Å². The molecule has 0 radical (unpaired) electrons. The maximum Gasteiger partial charge on any atom is 0.258 e. The van der Waals surface area contributed by atoms with E-state index >= 15 is 0 Å². The molecule has 26 heavy (non-hydrogen) atoms. The minimum Gasteiger partial charge on any atom is -0.483 e. The van der Waals surface area contributed by atoms with Gasteiger partial charge < -0.3 is 15.4 Å². The van der Waals surface area contributed by atoms with E-state index in [2.05, 4.69) is 10.6 Å². The largest absolute Gasteiger partial charge is 0.483 e. The number of aryl methyl sites for hydroxylation is 1. The van der Waals surface area contributed by atoms with Gasteiger partial charge in [0.2, 0.25) is 0 Å². The predicted octanol–water partition coefficient (Wildman–Crippen LogP) is 3.48. The van der Waals surface area contributed by atoms with E-state index in [0.29, 0.717) is 21.4 Å². The highest BCUT2D eigenvalue weighted by molar-refractivity contribution is 6.35. The van der Waals surface area contributed by atoms with Crippen molar-refractivity contribution in [1.29, 1.82) is 0 Å². The van der Waals surface area contributed by atoms with Gasteiger partial charge >= 0.3 is 0 Å². The van der Waals surface area contributed by atoms with Crippen molar-refractivity contribution in [2.45, 2.75) is 13.3 Å². The summed E-state index contributed by atoms with van der Waals surface area (Å²) in [5.74, 6) is 0.0971. The lowest BCUT2D eigenvalue weighted by molar-refractivity contribution is -0.123. The SMILES string of the molecule is CCc1ccccc1OCC(=O)NCCNC(=O)c1cc(Cl)ccc1Cl. The molecule has 2 aromatic rings. The number of nitrogens with one attached hydrogen (secondary N) is 2. The summed E-state index contributed by atoms with van der Waals surface area (Å²) in [6, 6.07) is 12.3. The molecule has 138 valence electrons. The number of amides is 2.